The minimum absolute atomic E-state index is 0.0789. The molecule has 0 unspecified atom stereocenters. The quantitative estimate of drug-likeness (QED) is 0.780. The van der Waals surface area contributed by atoms with Gasteiger partial charge in [-0.25, -0.2) is 0 Å². The van der Waals surface area contributed by atoms with Crippen molar-refractivity contribution in [1.29, 1.82) is 0 Å². The van der Waals surface area contributed by atoms with Crippen molar-refractivity contribution in [3.05, 3.63) is 53.1 Å². The Morgan fingerprint density at radius 3 is 2.73 bits per heavy atom. The maximum absolute atomic E-state index is 11.9. The Morgan fingerprint density at radius 1 is 1.04 bits per heavy atom. The van der Waals surface area contributed by atoms with E-state index in [-0.39, 0.29) is 25.2 Å². The average molecular weight is 375 g/mol. The number of halogens is 1. The summed E-state index contributed by atoms with van der Waals surface area (Å²) in [5, 5.41) is 6.02. The molecule has 6 nitrogen and oxygen atoms in total. The van der Waals surface area contributed by atoms with E-state index in [9.17, 15) is 9.59 Å². The SMILES string of the molecule is O=C(CCCc1cccc(Cl)c1)NCC(=O)Nc1ccc2c(c1)OCO2. The van der Waals surface area contributed by atoms with Crippen LogP contribution in [0.5, 0.6) is 11.5 Å². The summed E-state index contributed by atoms with van der Waals surface area (Å²) in [5.41, 5.74) is 1.68. The van der Waals surface area contributed by atoms with Gasteiger partial charge in [-0.2, -0.15) is 0 Å². The summed E-state index contributed by atoms with van der Waals surface area (Å²) in [5.74, 6) is 0.781. The van der Waals surface area contributed by atoms with Gasteiger partial charge in [0.2, 0.25) is 18.6 Å². The molecule has 2 aromatic rings. The zero-order valence-electron chi connectivity index (χ0n) is 14.1. The third-order valence-electron chi connectivity index (χ3n) is 3.86. The number of nitrogens with one attached hydrogen (secondary N) is 2. The summed E-state index contributed by atoms with van der Waals surface area (Å²) in [4.78, 5) is 23.8. The van der Waals surface area contributed by atoms with E-state index in [1.54, 1.807) is 18.2 Å². The number of amides is 2. The molecule has 1 aliphatic rings. The zero-order valence-corrected chi connectivity index (χ0v) is 14.8. The van der Waals surface area contributed by atoms with Crippen molar-refractivity contribution in [2.24, 2.45) is 0 Å². The lowest BCUT2D eigenvalue weighted by molar-refractivity contribution is -0.124. The van der Waals surface area contributed by atoms with Gasteiger partial charge in [-0.15, -0.1) is 0 Å². The summed E-state index contributed by atoms with van der Waals surface area (Å²) >= 11 is 5.93. The summed E-state index contributed by atoms with van der Waals surface area (Å²) in [6, 6.07) is 12.7. The Labute approximate surface area is 156 Å². The summed E-state index contributed by atoms with van der Waals surface area (Å²) < 4.78 is 10.5. The van der Waals surface area contributed by atoms with Gasteiger partial charge in [0.1, 0.15) is 0 Å². The molecule has 7 heteroatoms. The second-order valence-corrected chi connectivity index (χ2v) is 6.31. The van der Waals surface area contributed by atoms with Crippen LogP contribution in [0.25, 0.3) is 0 Å². The fourth-order valence-electron chi connectivity index (χ4n) is 2.59. The number of hydrogen-bond donors (Lipinski definition) is 2. The van der Waals surface area contributed by atoms with Crippen LogP contribution in [0.15, 0.2) is 42.5 Å². The molecule has 0 fully saturated rings. The van der Waals surface area contributed by atoms with Gasteiger partial charge >= 0.3 is 0 Å². The Morgan fingerprint density at radius 2 is 1.88 bits per heavy atom. The molecule has 0 radical (unpaired) electrons. The molecule has 136 valence electrons. The van der Waals surface area contributed by atoms with Gasteiger partial charge in [-0.3, -0.25) is 9.59 Å². The van der Waals surface area contributed by atoms with Gasteiger partial charge < -0.3 is 20.1 Å². The molecule has 1 heterocycles. The molecule has 1 aliphatic heterocycles. The molecule has 0 atom stereocenters. The van der Waals surface area contributed by atoms with Gasteiger partial charge in [0, 0.05) is 23.2 Å². The van der Waals surface area contributed by atoms with Crippen LogP contribution < -0.4 is 20.1 Å². The fourth-order valence-corrected chi connectivity index (χ4v) is 2.81. The van der Waals surface area contributed by atoms with Crippen LogP contribution in [0.3, 0.4) is 0 Å². The Bertz CT molecular complexity index is 810. The third-order valence-corrected chi connectivity index (χ3v) is 4.10. The van der Waals surface area contributed by atoms with E-state index in [1.165, 1.54) is 0 Å². The highest BCUT2D eigenvalue weighted by Gasteiger charge is 2.14. The predicted molar refractivity (Wildman–Crippen MR) is 98.6 cm³/mol. The molecule has 2 amide bonds. The van der Waals surface area contributed by atoms with Crippen LogP contribution in [0.2, 0.25) is 5.02 Å². The second-order valence-electron chi connectivity index (χ2n) is 5.88. The molecular formula is C19H19ClN2O4. The number of fused-ring (bicyclic) bond motifs is 1. The average Bonchev–Trinajstić information content (AvgIpc) is 3.08. The number of hydrogen-bond acceptors (Lipinski definition) is 4. The Balaban J connectivity index is 1.36. The van der Waals surface area contributed by atoms with Gasteiger partial charge in [-0.05, 0) is 42.7 Å². The van der Waals surface area contributed by atoms with E-state index < -0.39 is 0 Å². The van der Waals surface area contributed by atoms with E-state index in [0.717, 1.165) is 12.0 Å². The largest absolute Gasteiger partial charge is 0.454 e. The van der Waals surface area contributed by atoms with Gasteiger partial charge in [-0.1, -0.05) is 23.7 Å². The number of anilines is 1. The van der Waals surface area contributed by atoms with Gasteiger partial charge in [0.05, 0.1) is 6.54 Å². The molecule has 26 heavy (non-hydrogen) atoms. The van der Waals surface area contributed by atoms with Crippen LogP contribution in [0.4, 0.5) is 5.69 Å². The maximum Gasteiger partial charge on any atom is 0.243 e. The highest BCUT2D eigenvalue weighted by atomic mass is 35.5. The summed E-state index contributed by atoms with van der Waals surface area (Å²) in [6.07, 6.45) is 1.80. The minimum atomic E-state index is -0.299. The minimum Gasteiger partial charge on any atom is -0.454 e. The standard InChI is InChI=1S/C19H19ClN2O4/c20-14-5-1-3-13(9-14)4-2-6-18(23)21-11-19(24)22-15-7-8-16-17(10-15)26-12-25-16/h1,3,5,7-10H,2,4,6,11-12H2,(H,21,23)(H,22,24). The summed E-state index contributed by atoms with van der Waals surface area (Å²) in [6.45, 7) is 0.0996. The number of ether oxygens (including phenoxy) is 2. The van der Waals surface area contributed by atoms with Crippen LogP contribution in [-0.4, -0.2) is 25.2 Å². The number of carbonyl (C=O) groups excluding carboxylic acids is 2. The first-order chi connectivity index (χ1) is 12.6. The van der Waals surface area contributed by atoms with Gasteiger partial charge in [0.15, 0.2) is 11.5 Å². The number of rotatable bonds is 7. The molecule has 0 bridgehead atoms. The summed E-state index contributed by atoms with van der Waals surface area (Å²) in [7, 11) is 0. The van der Waals surface area contributed by atoms with Crippen molar-refractivity contribution in [2.75, 3.05) is 18.7 Å². The monoisotopic (exact) mass is 374 g/mol. The van der Waals surface area contributed by atoms with Crippen molar-refractivity contribution < 1.29 is 19.1 Å². The lowest BCUT2D eigenvalue weighted by Gasteiger charge is -2.08. The van der Waals surface area contributed by atoms with E-state index in [0.29, 0.717) is 35.1 Å². The molecule has 0 aliphatic carbocycles. The van der Waals surface area contributed by atoms with Gasteiger partial charge in [0.25, 0.3) is 0 Å². The lowest BCUT2D eigenvalue weighted by Crippen LogP contribution is -2.32. The first kappa shape index (κ1) is 18.1. The molecule has 0 saturated carbocycles. The maximum atomic E-state index is 11.9. The third kappa shape index (κ3) is 5.13. The molecule has 3 rings (SSSR count). The first-order valence-corrected chi connectivity index (χ1v) is 8.68. The highest BCUT2D eigenvalue weighted by Crippen LogP contribution is 2.34. The topological polar surface area (TPSA) is 76.7 Å². The van der Waals surface area contributed by atoms with Crippen molar-refractivity contribution >= 4 is 29.1 Å². The molecule has 0 aromatic heterocycles. The van der Waals surface area contributed by atoms with Crippen molar-refractivity contribution in [3.8, 4) is 11.5 Å². The van der Waals surface area contributed by atoms with E-state index in [2.05, 4.69) is 10.6 Å². The second kappa shape index (κ2) is 8.58. The van der Waals surface area contributed by atoms with Crippen molar-refractivity contribution in [1.82, 2.24) is 5.32 Å². The van der Waals surface area contributed by atoms with Crippen molar-refractivity contribution in [3.63, 3.8) is 0 Å². The molecule has 2 aromatic carbocycles. The van der Waals surface area contributed by atoms with E-state index >= 15 is 0 Å². The zero-order chi connectivity index (χ0) is 18.4. The van der Waals surface area contributed by atoms with Crippen LogP contribution in [-0.2, 0) is 16.0 Å². The van der Waals surface area contributed by atoms with Crippen LogP contribution in [0.1, 0.15) is 18.4 Å². The number of aryl methyl sites for hydroxylation is 1. The number of benzene rings is 2. The smallest absolute Gasteiger partial charge is 0.243 e. The van der Waals surface area contributed by atoms with Crippen molar-refractivity contribution in [2.45, 2.75) is 19.3 Å². The van der Waals surface area contributed by atoms with E-state index in [1.807, 2.05) is 24.3 Å². The fraction of sp³-hybridized carbons (Fsp3) is 0.263. The van der Waals surface area contributed by atoms with Crippen LogP contribution in [0, 0.1) is 0 Å². The molecule has 0 spiro atoms. The van der Waals surface area contributed by atoms with E-state index in [4.69, 9.17) is 21.1 Å². The highest BCUT2D eigenvalue weighted by molar-refractivity contribution is 6.30. The number of carbonyl (C=O) groups is 2. The van der Waals surface area contributed by atoms with Crippen LogP contribution >= 0.6 is 11.6 Å². The molecule has 0 saturated heterocycles. The normalized spacial score (nSPS) is 11.9. The first-order valence-electron chi connectivity index (χ1n) is 8.31. The Kier molecular flexibility index (Phi) is 5.96. The Hall–Kier alpha value is -2.73. The molecule has 2 N–H and O–H groups in total. The molecular weight excluding hydrogens is 356 g/mol. The lowest BCUT2D eigenvalue weighted by atomic mass is 10.1. The predicted octanol–water partition coefficient (Wildman–Crippen LogP) is 3.15.